The Morgan fingerprint density at radius 2 is 2.03 bits per heavy atom. The number of carbonyl (C=O) groups excluding carboxylic acids is 1. The molecular weight excluding hydrogens is 470 g/mol. The molecule has 0 fully saturated rings. The van der Waals surface area contributed by atoms with Crippen molar-refractivity contribution in [3.63, 3.8) is 0 Å². The molecule has 1 aliphatic rings. The molecule has 1 amide bonds. The number of rotatable bonds is 10. The first-order chi connectivity index (χ1) is 17.6. The minimum atomic E-state index is -0.530. The molecule has 0 aliphatic carbocycles. The zero-order valence-corrected chi connectivity index (χ0v) is 21.3. The van der Waals surface area contributed by atoms with Crippen LogP contribution in [0.2, 0.25) is 0 Å². The highest BCUT2D eigenvalue weighted by atomic mass is 32.1. The van der Waals surface area contributed by atoms with E-state index in [1.165, 1.54) is 15.8 Å². The number of aryl methyl sites for hydroxylation is 3. The Morgan fingerprint density at radius 3 is 2.86 bits per heavy atom. The molecule has 0 saturated carbocycles. The van der Waals surface area contributed by atoms with Gasteiger partial charge in [0, 0.05) is 40.3 Å². The van der Waals surface area contributed by atoms with E-state index in [0.29, 0.717) is 37.4 Å². The molecule has 4 heterocycles. The molecule has 3 aromatic heterocycles. The molecule has 0 radical (unpaired) electrons. The van der Waals surface area contributed by atoms with Crippen LogP contribution in [0.15, 0.2) is 59.8 Å². The predicted octanol–water partition coefficient (Wildman–Crippen LogP) is 4.65. The van der Waals surface area contributed by atoms with E-state index < -0.39 is 6.04 Å². The van der Waals surface area contributed by atoms with Gasteiger partial charge in [-0.05, 0) is 42.9 Å². The lowest BCUT2D eigenvalue weighted by Crippen LogP contribution is -2.36. The zero-order chi connectivity index (χ0) is 24.9. The smallest absolute Gasteiger partial charge is 0.277 e. The summed E-state index contributed by atoms with van der Waals surface area (Å²) in [5.41, 5.74) is 2.81. The summed E-state index contributed by atoms with van der Waals surface area (Å²) >= 11 is 1.70. The third-order valence-corrected chi connectivity index (χ3v) is 7.86. The Balaban J connectivity index is 1.22. The standard InChI is InChI=1S/C28H31N5O2S/c1-2-7-20-15-29-16-21-14-22(36-26(20)21)17-32-27(34)24-11-12-25-31-18-23(28(35)33(24)25)30-13-6-10-19-8-4-3-5-9-19/h3-5,8-9,14-16,18,24,30H,2,6-7,10-13,17H2,1H3,(H,32,34). The minimum absolute atomic E-state index is 0.136. The molecule has 0 saturated heterocycles. The first-order valence-electron chi connectivity index (χ1n) is 12.6. The molecule has 4 aromatic rings. The van der Waals surface area contributed by atoms with E-state index >= 15 is 0 Å². The Labute approximate surface area is 214 Å². The van der Waals surface area contributed by atoms with E-state index in [9.17, 15) is 9.59 Å². The molecule has 2 N–H and O–H groups in total. The van der Waals surface area contributed by atoms with Crippen LogP contribution in [0.5, 0.6) is 0 Å². The van der Waals surface area contributed by atoms with Gasteiger partial charge in [0.05, 0.1) is 12.7 Å². The number of nitrogens with one attached hydrogen (secondary N) is 2. The lowest BCUT2D eigenvalue weighted by molar-refractivity contribution is -0.124. The van der Waals surface area contributed by atoms with Crippen molar-refractivity contribution >= 4 is 33.0 Å². The quantitative estimate of drug-likeness (QED) is 0.309. The van der Waals surface area contributed by atoms with E-state index in [-0.39, 0.29) is 11.5 Å². The minimum Gasteiger partial charge on any atom is -0.379 e. The van der Waals surface area contributed by atoms with Gasteiger partial charge >= 0.3 is 0 Å². The van der Waals surface area contributed by atoms with E-state index in [4.69, 9.17) is 0 Å². The van der Waals surface area contributed by atoms with Crippen LogP contribution in [0.25, 0.3) is 10.1 Å². The third-order valence-electron chi connectivity index (χ3n) is 6.63. The Bertz CT molecular complexity index is 1410. The SMILES string of the molecule is CCCc1cncc2cc(CNC(=O)C3CCc4ncc(NCCCc5ccccc5)c(=O)n43)sc12. The van der Waals surface area contributed by atoms with E-state index in [1.807, 2.05) is 30.6 Å². The summed E-state index contributed by atoms with van der Waals surface area (Å²) in [6, 6.07) is 11.9. The van der Waals surface area contributed by atoms with Gasteiger partial charge in [0.2, 0.25) is 5.91 Å². The van der Waals surface area contributed by atoms with Gasteiger partial charge in [0.25, 0.3) is 5.56 Å². The molecule has 1 aliphatic heterocycles. The molecule has 7 nitrogen and oxygen atoms in total. The van der Waals surface area contributed by atoms with Crippen LogP contribution < -0.4 is 16.2 Å². The fourth-order valence-corrected chi connectivity index (χ4v) is 5.94. The Hall–Kier alpha value is -3.52. The van der Waals surface area contributed by atoms with Gasteiger partial charge < -0.3 is 10.6 Å². The van der Waals surface area contributed by atoms with Crippen LogP contribution >= 0.6 is 11.3 Å². The summed E-state index contributed by atoms with van der Waals surface area (Å²) in [6.07, 6.45) is 10.5. The van der Waals surface area contributed by atoms with E-state index in [1.54, 1.807) is 22.1 Å². The monoisotopic (exact) mass is 501 g/mol. The first kappa shape index (κ1) is 24.2. The molecule has 1 unspecified atom stereocenters. The maximum absolute atomic E-state index is 13.2. The van der Waals surface area contributed by atoms with Crippen molar-refractivity contribution in [2.45, 2.75) is 58.0 Å². The van der Waals surface area contributed by atoms with Crippen LogP contribution in [-0.4, -0.2) is 27.0 Å². The summed E-state index contributed by atoms with van der Waals surface area (Å²) in [4.78, 5) is 36.2. The molecule has 1 aromatic carbocycles. The summed E-state index contributed by atoms with van der Waals surface area (Å²) in [6.45, 7) is 3.27. The summed E-state index contributed by atoms with van der Waals surface area (Å²) < 4.78 is 2.81. The van der Waals surface area contributed by atoms with Crippen LogP contribution in [0.1, 0.15) is 54.1 Å². The van der Waals surface area contributed by atoms with Crippen molar-refractivity contribution in [1.82, 2.24) is 19.9 Å². The fourth-order valence-electron chi connectivity index (χ4n) is 4.83. The second kappa shape index (κ2) is 11.0. The summed E-state index contributed by atoms with van der Waals surface area (Å²) in [7, 11) is 0. The third kappa shape index (κ3) is 5.18. The molecule has 8 heteroatoms. The van der Waals surface area contributed by atoms with Crippen molar-refractivity contribution in [2.75, 3.05) is 11.9 Å². The lowest BCUT2D eigenvalue weighted by atomic mass is 10.1. The summed E-state index contributed by atoms with van der Waals surface area (Å²) in [5, 5.41) is 7.40. The number of aromatic nitrogens is 3. The largest absolute Gasteiger partial charge is 0.379 e. The summed E-state index contributed by atoms with van der Waals surface area (Å²) in [5.74, 6) is 0.537. The highest BCUT2D eigenvalue weighted by Crippen LogP contribution is 2.29. The molecule has 36 heavy (non-hydrogen) atoms. The number of hydrogen-bond donors (Lipinski definition) is 2. The average Bonchev–Trinajstić information content (AvgIpc) is 3.52. The highest BCUT2D eigenvalue weighted by Gasteiger charge is 2.31. The number of nitrogens with zero attached hydrogens (tertiary/aromatic N) is 3. The first-order valence-corrected chi connectivity index (χ1v) is 13.5. The van der Waals surface area contributed by atoms with Crippen molar-refractivity contribution in [1.29, 1.82) is 0 Å². The highest BCUT2D eigenvalue weighted by molar-refractivity contribution is 7.19. The number of fused-ring (bicyclic) bond motifs is 2. The van der Waals surface area contributed by atoms with Crippen molar-refractivity contribution < 1.29 is 4.79 Å². The zero-order valence-electron chi connectivity index (χ0n) is 20.5. The normalized spacial score (nSPS) is 14.6. The number of hydrogen-bond acceptors (Lipinski definition) is 6. The average molecular weight is 502 g/mol. The number of pyridine rings is 1. The molecule has 5 rings (SSSR count). The maximum atomic E-state index is 13.2. The van der Waals surface area contributed by atoms with Crippen molar-refractivity contribution in [3.8, 4) is 0 Å². The second-order valence-corrected chi connectivity index (χ2v) is 10.4. The molecule has 0 spiro atoms. The second-order valence-electron chi connectivity index (χ2n) is 9.23. The fraction of sp³-hybridized carbons (Fsp3) is 0.357. The van der Waals surface area contributed by atoms with Gasteiger partial charge in [-0.15, -0.1) is 11.3 Å². The lowest BCUT2D eigenvalue weighted by Gasteiger charge is -2.15. The van der Waals surface area contributed by atoms with Crippen LogP contribution in [-0.2, 0) is 30.6 Å². The molecule has 1 atom stereocenters. The molecular formula is C28H31N5O2S. The van der Waals surface area contributed by atoms with Gasteiger partial charge in [-0.2, -0.15) is 0 Å². The van der Waals surface area contributed by atoms with Gasteiger partial charge in [0.15, 0.2) is 0 Å². The number of thiophene rings is 1. The number of carbonyl (C=O) groups is 1. The van der Waals surface area contributed by atoms with Crippen molar-refractivity contribution in [3.05, 3.63) is 87.2 Å². The van der Waals surface area contributed by atoms with E-state index in [0.717, 1.165) is 35.9 Å². The van der Waals surface area contributed by atoms with Gasteiger partial charge in [-0.3, -0.25) is 19.1 Å². The van der Waals surface area contributed by atoms with Crippen LogP contribution in [0.3, 0.4) is 0 Å². The van der Waals surface area contributed by atoms with Gasteiger partial charge in [0.1, 0.15) is 17.6 Å². The number of amides is 1. The Kier molecular flexibility index (Phi) is 7.41. The molecule has 0 bridgehead atoms. The van der Waals surface area contributed by atoms with Gasteiger partial charge in [-0.25, -0.2) is 4.98 Å². The molecule has 186 valence electrons. The maximum Gasteiger partial charge on any atom is 0.277 e. The topological polar surface area (TPSA) is 88.9 Å². The number of anilines is 1. The van der Waals surface area contributed by atoms with Gasteiger partial charge in [-0.1, -0.05) is 43.7 Å². The van der Waals surface area contributed by atoms with Crippen LogP contribution in [0.4, 0.5) is 5.69 Å². The number of benzene rings is 1. The predicted molar refractivity (Wildman–Crippen MR) is 145 cm³/mol. The van der Waals surface area contributed by atoms with E-state index in [2.05, 4.69) is 45.7 Å². The Morgan fingerprint density at radius 1 is 1.17 bits per heavy atom. The van der Waals surface area contributed by atoms with Crippen LogP contribution in [0, 0.1) is 0 Å². The van der Waals surface area contributed by atoms with Crippen molar-refractivity contribution in [2.24, 2.45) is 0 Å².